The van der Waals surface area contributed by atoms with Crippen LogP contribution in [0.25, 0.3) is 0 Å². The van der Waals surface area contributed by atoms with Crippen LogP contribution in [0.5, 0.6) is 11.5 Å². The van der Waals surface area contributed by atoms with Crippen molar-refractivity contribution < 1.29 is 13.5 Å². The molecule has 5 heteroatoms. The van der Waals surface area contributed by atoms with E-state index < -0.39 is 11.6 Å². The van der Waals surface area contributed by atoms with Crippen LogP contribution in [0.15, 0.2) is 36.4 Å². The van der Waals surface area contributed by atoms with Crippen molar-refractivity contribution in [3.63, 3.8) is 0 Å². The first kappa shape index (κ1) is 12.3. The second-order valence-corrected chi connectivity index (χ2v) is 3.87. The van der Waals surface area contributed by atoms with Crippen LogP contribution in [-0.2, 0) is 0 Å². The van der Waals surface area contributed by atoms with Gasteiger partial charge in [-0.2, -0.15) is 5.26 Å². The van der Waals surface area contributed by atoms with E-state index in [0.29, 0.717) is 5.56 Å². The maximum absolute atomic E-state index is 13.0. The van der Waals surface area contributed by atoms with Crippen LogP contribution in [0.4, 0.5) is 8.78 Å². The van der Waals surface area contributed by atoms with Crippen molar-refractivity contribution in [3.8, 4) is 17.6 Å². The molecular weight excluding hydrogens is 260 g/mol. The molecule has 0 unspecified atom stereocenters. The Morgan fingerprint density at radius 1 is 1.06 bits per heavy atom. The predicted molar refractivity (Wildman–Crippen MR) is 62.6 cm³/mol. The summed E-state index contributed by atoms with van der Waals surface area (Å²) in [4.78, 5) is 0. The highest BCUT2D eigenvalue weighted by Gasteiger charge is 2.07. The average Bonchev–Trinajstić information content (AvgIpc) is 2.30. The number of hydrogen-bond donors (Lipinski definition) is 0. The monoisotopic (exact) mass is 265 g/mol. The van der Waals surface area contributed by atoms with Gasteiger partial charge in [0.2, 0.25) is 0 Å². The quantitative estimate of drug-likeness (QED) is 0.812. The molecule has 0 bridgehead atoms. The van der Waals surface area contributed by atoms with Crippen molar-refractivity contribution in [1.82, 2.24) is 0 Å². The highest BCUT2D eigenvalue weighted by atomic mass is 35.5. The largest absolute Gasteiger partial charge is 0.456 e. The van der Waals surface area contributed by atoms with Crippen LogP contribution < -0.4 is 4.74 Å². The first-order valence-electron chi connectivity index (χ1n) is 4.92. The molecule has 0 spiro atoms. The summed E-state index contributed by atoms with van der Waals surface area (Å²) < 4.78 is 31.2. The highest BCUT2D eigenvalue weighted by molar-refractivity contribution is 6.32. The first-order chi connectivity index (χ1) is 8.58. The Bertz CT molecular complexity index is 617. The van der Waals surface area contributed by atoms with E-state index in [4.69, 9.17) is 21.6 Å². The van der Waals surface area contributed by atoms with E-state index in [9.17, 15) is 8.78 Å². The van der Waals surface area contributed by atoms with Gasteiger partial charge in [0.15, 0.2) is 0 Å². The van der Waals surface area contributed by atoms with Crippen LogP contribution in [0, 0.1) is 23.0 Å². The average molecular weight is 266 g/mol. The molecule has 0 atom stereocenters. The molecule has 0 fully saturated rings. The van der Waals surface area contributed by atoms with Crippen LogP contribution >= 0.6 is 11.6 Å². The van der Waals surface area contributed by atoms with Gasteiger partial charge in [-0.3, -0.25) is 0 Å². The van der Waals surface area contributed by atoms with E-state index in [1.54, 1.807) is 0 Å². The van der Waals surface area contributed by atoms with E-state index >= 15 is 0 Å². The molecule has 0 aromatic heterocycles. The van der Waals surface area contributed by atoms with Crippen LogP contribution in [-0.4, -0.2) is 0 Å². The molecule has 0 radical (unpaired) electrons. The molecule has 0 saturated carbocycles. The Morgan fingerprint density at radius 3 is 2.28 bits per heavy atom. The number of nitriles is 1. The number of benzene rings is 2. The van der Waals surface area contributed by atoms with Gasteiger partial charge >= 0.3 is 0 Å². The first-order valence-corrected chi connectivity index (χ1v) is 5.30. The third kappa shape index (κ3) is 2.76. The van der Waals surface area contributed by atoms with Gasteiger partial charge in [-0.1, -0.05) is 11.6 Å². The molecule has 0 heterocycles. The summed E-state index contributed by atoms with van der Waals surface area (Å²) in [5.41, 5.74) is 0.373. The number of rotatable bonds is 2. The molecule has 90 valence electrons. The number of halogens is 3. The van der Waals surface area contributed by atoms with E-state index in [-0.39, 0.29) is 16.5 Å². The predicted octanol–water partition coefficient (Wildman–Crippen LogP) is 4.28. The highest BCUT2D eigenvalue weighted by Crippen LogP contribution is 2.30. The third-order valence-electron chi connectivity index (χ3n) is 2.12. The molecule has 2 rings (SSSR count). The smallest absolute Gasteiger partial charge is 0.146 e. The Morgan fingerprint density at radius 2 is 1.72 bits per heavy atom. The van der Waals surface area contributed by atoms with E-state index in [2.05, 4.69) is 0 Å². The Kier molecular flexibility index (Phi) is 3.45. The minimum atomic E-state index is -0.741. The van der Waals surface area contributed by atoms with Gasteiger partial charge in [-0.15, -0.1) is 0 Å². The van der Waals surface area contributed by atoms with Crippen LogP contribution in [0.2, 0.25) is 5.02 Å². The van der Waals surface area contributed by atoms with E-state index in [1.807, 2.05) is 6.07 Å². The lowest BCUT2D eigenvalue weighted by molar-refractivity contribution is 0.468. The van der Waals surface area contributed by atoms with Crippen molar-refractivity contribution in [1.29, 1.82) is 5.26 Å². The Labute approximate surface area is 107 Å². The van der Waals surface area contributed by atoms with Crippen molar-refractivity contribution in [2.75, 3.05) is 0 Å². The van der Waals surface area contributed by atoms with E-state index in [1.165, 1.54) is 18.2 Å². The molecule has 2 aromatic carbocycles. The molecule has 2 aromatic rings. The molecule has 18 heavy (non-hydrogen) atoms. The van der Waals surface area contributed by atoms with Gasteiger partial charge in [0.1, 0.15) is 23.1 Å². The fourth-order valence-electron chi connectivity index (χ4n) is 1.37. The molecule has 0 saturated heterocycles. The number of nitrogens with zero attached hydrogens (tertiary/aromatic N) is 1. The lowest BCUT2D eigenvalue weighted by atomic mass is 10.2. The van der Waals surface area contributed by atoms with Gasteiger partial charge < -0.3 is 4.74 Å². The summed E-state index contributed by atoms with van der Waals surface area (Å²) in [5, 5.41) is 8.86. The van der Waals surface area contributed by atoms with Crippen molar-refractivity contribution in [2.45, 2.75) is 0 Å². The molecular formula is C13H6ClF2NO. The molecule has 0 aliphatic rings. The van der Waals surface area contributed by atoms with Gasteiger partial charge in [-0.05, 0) is 18.2 Å². The minimum absolute atomic E-state index is 0.000826. The summed E-state index contributed by atoms with van der Waals surface area (Å²) in [6.45, 7) is 0. The summed E-state index contributed by atoms with van der Waals surface area (Å²) in [6.07, 6.45) is 0. The molecule has 0 amide bonds. The van der Waals surface area contributed by atoms with Crippen molar-refractivity contribution >= 4 is 11.6 Å². The van der Waals surface area contributed by atoms with Crippen LogP contribution in [0.3, 0.4) is 0 Å². The fourth-order valence-corrected chi connectivity index (χ4v) is 1.59. The van der Waals surface area contributed by atoms with Gasteiger partial charge in [0.05, 0.1) is 16.7 Å². The van der Waals surface area contributed by atoms with Gasteiger partial charge in [0, 0.05) is 18.2 Å². The summed E-state index contributed by atoms with van der Waals surface area (Å²) in [7, 11) is 0. The lowest BCUT2D eigenvalue weighted by Gasteiger charge is -2.07. The standard InChI is InChI=1S/C13H6ClF2NO/c14-12-3-8(7-17)1-2-13(12)18-11-5-9(15)4-10(16)6-11/h1-6H. The maximum atomic E-state index is 13.0. The second-order valence-electron chi connectivity index (χ2n) is 3.46. The molecule has 0 N–H and O–H groups in total. The summed E-state index contributed by atoms with van der Waals surface area (Å²) in [5.74, 6) is -1.26. The van der Waals surface area contributed by atoms with Crippen molar-refractivity contribution in [2.24, 2.45) is 0 Å². The van der Waals surface area contributed by atoms with Gasteiger partial charge in [0.25, 0.3) is 0 Å². The lowest BCUT2D eigenvalue weighted by Crippen LogP contribution is -1.89. The number of hydrogen-bond acceptors (Lipinski definition) is 2. The third-order valence-corrected chi connectivity index (χ3v) is 2.42. The minimum Gasteiger partial charge on any atom is -0.456 e. The SMILES string of the molecule is N#Cc1ccc(Oc2cc(F)cc(F)c2)c(Cl)c1. The van der Waals surface area contributed by atoms with Gasteiger partial charge in [-0.25, -0.2) is 8.78 Å². The summed E-state index contributed by atoms with van der Waals surface area (Å²) >= 11 is 5.87. The fraction of sp³-hybridized carbons (Fsp3) is 0. The molecule has 2 nitrogen and oxygen atoms in total. The Balaban J connectivity index is 2.31. The van der Waals surface area contributed by atoms with E-state index in [0.717, 1.165) is 18.2 Å². The van der Waals surface area contributed by atoms with Crippen LogP contribution in [0.1, 0.15) is 5.56 Å². The summed E-state index contributed by atoms with van der Waals surface area (Å²) in [6, 6.07) is 9.11. The number of ether oxygens (including phenoxy) is 1. The zero-order chi connectivity index (χ0) is 13.1. The topological polar surface area (TPSA) is 33.0 Å². The van der Waals surface area contributed by atoms with Crippen molar-refractivity contribution in [3.05, 3.63) is 58.6 Å². The molecule has 0 aliphatic heterocycles. The second kappa shape index (κ2) is 5.03. The Hall–Kier alpha value is -2.12. The molecule has 0 aliphatic carbocycles. The maximum Gasteiger partial charge on any atom is 0.146 e. The zero-order valence-electron chi connectivity index (χ0n) is 8.95. The normalized spacial score (nSPS) is 9.89. The zero-order valence-corrected chi connectivity index (χ0v) is 9.71.